The van der Waals surface area contributed by atoms with Crippen LogP contribution in [0.2, 0.25) is 0 Å². The molecule has 0 radical (unpaired) electrons. The topological polar surface area (TPSA) is 64.4 Å². The van der Waals surface area contributed by atoms with Crippen LogP contribution in [0.4, 0.5) is 4.39 Å². The lowest BCUT2D eigenvalue weighted by Gasteiger charge is -2.14. The Bertz CT molecular complexity index is 1390. The molecular weight excluding hydrogens is 377 g/mol. The van der Waals surface area contributed by atoms with Gasteiger partial charge in [-0.25, -0.2) is 0 Å². The number of hydrogen-bond acceptors (Lipinski definition) is 1. The Morgan fingerprint density at radius 1 is 0.933 bits per heavy atom. The Morgan fingerprint density at radius 2 is 1.53 bits per heavy atom. The molecule has 4 nitrogen and oxygen atoms in total. The maximum atomic E-state index is 14.1. The van der Waals surface area contributed by atoms with Crippen LogP contribution in [0, 0.1) is 0 Å². The number of H-pyrrole nitrogens is 3. The number of halogens is 1. The minimum atomic E-state index is -0.512. The van der Waals surface area contributed by atoms with E-state index in [-0.39, 0.29) is 11.7 Å². The van der Waals surface area contributed by atoms with E-state index in [9.17, 15) is 9.18 Å². The van der Waals surface area contributed by atoms with Crippen molar-refractivity contribution in [3.05, 3.63) is 72.2 Å². The highest BCUT2D eigenvalue weighted by Gasteiger charge is 2.27. The molecule has 2 aromatic carbocycles. The normalized spacial score (nSPS) is 12.6. The Morgan fingerprint density at radius 3 is 2.13 bits per heavy atom. The molecule has 1 unspecified atom stereocenters. The molecular formula is C25H22FN3O. The molecule has 3 aromatic heterocycles. The van der Waals surface area contributed by atoms with E-state index in [0.717, 1.165) is 49.8 Å². The number of carbonyl (C=O) groups is 1. The van der Waals surface area contributed by atoms with Crippen LogP contribution < -0.4 is 0 Å². The quantitative estimate of drug-likeness (QED) is 0.287. The Labute approximate surface area is 173 Å². The number of alkyl halides is 1. The van der Waals surface area contributed by atoms with Crippen LogP contribution in [0.25, 0.3) is 44.2 Å². The minimum absolute atomic E-state index is 0.0719. The summed E-state index contributed by atoms with van der Waals surface area (Å²) in [5.41, 5.74) is 6.82. The molecule has 5 aromatic rings. The number of nitrogens with one attached hydrogen (secondary N) is 3. The third kappa shape index (κ3) is 2.70. The molecule has 150 valence electrons. The summed E-state index contributed by atoms with van der Waals surface area (Å²) in [6.45, 7) is 2.91. The largest absolute Gasteiger partial charge is 0.361 e. The second-order valence-corrected chi connectivity index (χ2v) is 7.76. The van der Waals surface area contributed by atoms with E-state index in [2.05, 4.69) is 15.0 Å². The highest BCUT2D eigenvalue weighted by atomic mass is 19.1. The average Bonchev–Trinajstić information content (AvgIpc) is 3.49. The van der Waals surface area contributed by atoms with Crippen LogP contribution in [-0.4, -0.2) is 27.4 Å². The summed E-state index contributed by atoms with van der Waals surface area (Å²) in [6, 6.07) is 16.0. The maximum absolute atomic E-state index is 14.1. The van der Waals surface area contributed by atoms with Gasteiger partial charge in [0.25, 0.3) is 0 Å². The van der Waals surface area contributed by atoms with Crippen LogP contribution in [-0.2, 0) is 0 Å². The van der Waals surface area contributed by atoms with E-state index in [1.165, 1.54) is 0 Å². The van der Waals surface area contributed by atoms with Crippen molar-refractivity contribution in [2.24, 2.45) is 0 Å². The van der Waals surface area contributed by atoms with Crippen molar-refractivity contribution in [2.75, 3.05) is 6.67 Å². The number of aromatic nitrogens is 3. The number of Topliss-reactive ketones (excluding diaryl/α,β-unsaturated/α-hetero) is 1. The number of carbonyl (C=O) groups excluding carboxylic acids is 1. The van der Waals surface area contributed by atoms with Gasteiger partial charge in [-0.15, -0.1) is 0 Å². The molecule has 0 aliphatic carbocycles. The molecule has 0 saturated carbocycles. The highest BCUT2D eigenvalue weighted by molar-refractivity contribution is 6.08. The Balaban J connectivity index is 1.90. The van der Waals surface area contributed by atoms with E-state index >= 15 is 0 Å². The minimum Gasteiger partial charge on any atom is -0.361 e. The standard InChI is InChI=1S/C25H22FN3O/c1-14(13-26)22-23(18-5-3-7-20-16(18)9-11-27-20)24(15(2)30)29-25(22)19-6-4-8-21-17(19)10-12-28-21/h3-12,14,27-29H,13H2,1-2H3. The fraction of sp³-hybridized carbons (Fsp3) is 0.160. The fourth-order valence-corrected chi connectivity index (χ4v) is 4.45. The number of ketones is 1. The van der Waals surface area contributed by atoms with E-state index in [1.54, 1.807) is 6.92 Å². The molecule has 30 heavy (non-hydrogen) atoms. The monoisotopic (exact) mass is 399 g/mol. The van der Waals surface area contributed by atoms with Gasteiger partial charge in [0.15, 0.2) is 5.78 Å². The van der Waals surface area contributed by atoms with E-state index in [0.29, 0.717) is 5.69 Å². The van der Waals surface area contributed by atoms with Crippen molar-refractivity contribution in [1.29, 1.82) is 0 Å². The van der Waals surface area contributed by atoms with Gasteiger partial charge in [-0.2, -0.15) is 0 Å². The lowest BCUT2D eigenvalue weighted by Crippen LogP contribution is -2.01. The predicted octanol–water partition coefficient (Wildman–Crippen LogP) is 6.59. The summed E-state index contributed by atoms with van der Waals surface area (Å²) in [6.07, 6.45) is 3.77. The van der Waals surface area contributed by atoms with Crippen molar-refractivity contribution in [3.8, 4) is 22.4 Å². The first-order valence-electron chi connectivity index (χ1n) is 10.1. The van der Waals surface area contributed by atoms with Gasteiger partial charge in [0.05, 0.1) is 18.1 Å². The van der Waals surface area contributed by atoms with Gasteiger partial charge in [-0.3, -0.25) is 9.18 Å². The molecule has 0 bridgehead atoms. The van der Waals surface area contributed by atoms with Gasteiger partial charge in [-0.05, 0) is 35.4 Å². The number of aromatic amines is 3. The first-order chi connectivity index (χ1) is 14.6. The smallest absolute Gasteiger partial charge is 0.176 e. The fourth-order valence-electron chi connectivity index (χ4n) is 4.45. The zero-order valence-electron chi connectivity index (χ0n) is 16.8. The molecule has 0 aliphatic heterocycles. The zero-order valence-corrected chi connectivity index (χ0v) is 16.8. The van der Waals surface area contributed by atoms with Crippen LogP contribution >= 0.6 is 0 Å². The van der Waals surface area contributed by atoms with Crippen molar-refractivity contribution in [3.63, 3.8) is 0 Å². The summed E-state index contributed by atoms with van der Waals surface area (Å²) in [5, 5.41) is 2.05. The van der Waals surface area contributed by atoms with Crippen LogP contribution in [0.1, 0.15) is 35.8 Å². The number of rotatable bonds is 5. The van der Waals surface area contributed by atoms with Crippen molar-refractivity contribution >= 4 is 27.6 Å². The second-order valence-electron chi connectivity index (χ2n) is 7.76. The molecule has 1 atom stereocenters. The molecule has 0 spiro atoms. The van der Waals surface area contributed by atoms with Gasteiger partial charge in [0.2, 0.25) is 0 Å². The van der Waals surface area contributed by atoms with Crippen molar-refractivity contribution < 1.29 is 9.18 Å². The highest BCUT2D eigenvalue weighted by Crippen LogP contribution is 2.44. The second kappa shape index (κ2) is 7.02. The lowest BCUT2D eigenvalue weighted by atomic mass is 9.88. The third-order valence-electron chi connectivity index (χ3n) is 5.84. The molecule has 0 aliphatic rings. The molecule has 5 rings (SSSR count). The summed E-state index contributed by atoms with van der Waals surface area (Å²) in [4.78, 5) is 22.5. The Hall–Kier alpha value is -3.60. The SMILES string of the molecule is CC(=O)c1[nH]c(-c2cccc3[nH]ccc23)c(C(C)CF)c1-c1cccc2[nH]ccc12. The Kier molecular flexibility index (Phi) is 4.31. The molecule has 0 amide bonds. The van der Waals surface area contributed by atoms with Gasteiger partial charge in [-0.1, -0.05) is 31.2 Å². The molecule has 3 heterocycles. The van der Waals surface area contributed by atoms with Gasteiger partial charge < -0.3 is 15.0 Å². The van der Waals surface area contributed by atoms with Crippen molar-refractivity contribution in [1.82, 2.24) is 15.0 Å². The molecule has 3 N–H and O–H groups in total. The summed E-state index contributed by atoms with van der Waals surface area (Å²) < 4.78 is 14.1. The molecule has 0 saturated heterocycles. The van der Waals surface area contributed by atoms with Crippen LogP contribution in [0.5, 0.6) is 0 Å². The van der Waals surface area contributed by atoms with E-state index < -0.39 is 6.67 Å². The van der Waals surface area contributed by atoms with Crippen molar-refractivity contribution in [2.45, 2.75) is 19.8 Å². The van der Waals surface area contributed by atoms with Gasteiger partial charge in [0.1, 0.15) is 0 Å². The first kappa shape index (κ1) is 18.4. The number of hydrogen-bond donors (Lipinski definition) is 3. The summed E-state index contributed by atoms with van der Waals surface area (Å²) in [5.74, 6) is -0.444. The third-order valence-corrected chi connectivity index (χ3v) is 5.84. The van der Waals surface area contributed by atoms with E-state index in [1.807, 2.05) is 67.8 Å². The predicted molar refractivity (Wildman–Crippen MR) is 120 cm³/mol. The van der Waals surface area contributed by atoms with Gasteiger partial charge in [0, 0.05) is 58.2 Å². The molecule has 0 fully saturated rings. The number of benzene rings is 2. The van der Waals surface area contributed by atoms with Crippen LogP contribution in [0.15, 0.2) is 60.9 Å². The lowest BCUT2D eigenvalue weighted by molar-refractivity contribution is 0.101. The van der Waals surface area contributed by atoms with Gasteiger partial charge >= 0.3 is 0 Å². The average molecular weight is 399 g/mol. The number of fused-ring (bicyclic) bond motifs is 2. The van der Waals surface area contributed by atoms with Crippen LogP contribution in [0.3, 0.4) is 0 Å². The maximum Gasteiger partial charge on any atom is 0.176 e. The van der Waals surface area contributed by atoms with E-state index in [4.69, 9.17) is 0 Å². The molecule has 5 heteroatoms. The summed E-state index contributed by atoms with van der Waals surface area (Å²) >= 11 is 0. The first-order valence-corrected chi connectivity index (χ1v) is 10.1. The zero-order chi connectivity index (χ0) is 20.8. The summed E-state index contributed by atoms with van der Waals surface area (Å²) in [7, 11) is 0.